The molecule has 1 rings (SSSR count). The maximum atomic E-state index is 11.9. The zero-order valence-electron chi connectivity index (χ0n) is 12.0. The van der Waals surface area contributed by atoms with Crippen LogP contribution >= 0.6 is 12.4 Å². The Balaban J connectivity index is 0.00000324. The molecule has 19 heavy (non-hydrogen) atoms. The van der Waals surface area contributed by atoms with Gasteiger partial charge in [0, 0.05) is 19.5 Å². The molecule has 1 unspecified atom stereocenters. The van der Waals surface area contributed by atoms with Gasteiger partial charge in [0.15, 0.2) is 0 Å². The second-order valence-electron chi connectivity index (χ2n) is 5.41. The van der Waals surface area contributed by atoms with Crippen LogP contribution in [-0.2, 0) is 4.79 Å². The summed E-state index contributed by atoms with van der Waals surface area (Å²) in [5, 5.41) is 9.51. The largest absolute Gasteiger partial charge is 0.393 e. The molecule has 4 nitrogen and oxygen atoms in total. The molecular formula is C14H29ClN2O2. The number of aliphatic hydroxyl groups is 1. The number of piperidine rings is 1. The summed E-state index contributed by atoms with van der Waals surface area (Å²) in [5.74, 6) is 0.658. The Hall–Kier alpha value is -0.320. The van der Waals surface area contributed by atoms with Gasteiger partial charge in [-0.25, -0.2) is 0 Å². The van der Waals surface area contributed by atoms with E-state index in [-0.39, 0.29) is 24.4 Å². The van der Waals surface area contributed by atoms with Crippen LogP contribution in [0.1, 0.15) is 51.9 Å². The molecule has 1 fully saturated rings. The SMILES string of the molecule is CC(O)C1CCN(C(=O)CCCCCCN)CC1.Cl. The van der Waals surface area contributed by atoms with Crippen LogP contribution in [0.3, 0.4) is 0 Å². The fourth-order valence-corrected chi connectivity index (χ4v) is 2.56. The van der Waals surface area contributed by atoms with E-state index in [1.807, 2.05) is 11.8 Å². The number of amides is 1. The number of halogens is 1. The molecule has 0 bridgehead atoms. The Labute approximate surface area is 123 Å². The summed E-state index contributed by atoms with van der Waals surface area (Å²) in [6.07, 6.45) is 6.60. The van der Waals surface area contributed by atoms with Gasteiger partial charge in [0.25, 0.3) is 0 Å². The number of carbonyl (C=O) groups excluding carboxylic acids is 1. The fraction of sp³-hybridized carbons (Fsp3) is 0.929. The molecule has 5 heteroatoms. The van der Waals surface area contributed by atoms with Crippen LogP contribution in [0.25, 0.3) is 0 Å². The van der Waals surface area contributed by atoms with Crippen molar-refractivity contribution in [2.45, 2.75) is 58.0 Å². The molecule has 0 aromatic carbocycles. The fourth-order valence-electron chi connectivity index (χ4n) is 2.56. The number of unbranched alkanes of at least 4 members (excludes halogenated alkanes) is 3. The minimum atomic E-state index is -0.237. The Bertz CT molecular complexity index is 242. The van der Waals surface area contributed by atoms with E-state index in [0.29, 0.717) is 12.3 Å². The first-order chi connectivity index (χ1) is 8.65. The molecule has 1 aliphatic heterocycles. The van der Waals surface area contributed by atoms with Gasteiger partial charge in [0.2, 0.25) is 5.91 Å². The number of nitrogens with two attached hydrogens (primary N) is 1. The normalized spacial score (nSPS) is 17.9. The Kier molecular flexibility index (Phi) is 10.3. The topological polar surface area (TPSA) is 66.6 Å². The number of rotatable bonds is 7. The monoisotopic (exact) mass is 292 g/mol. The minimum Gasteiger partial charge on any atom is -0.393 e. The van der Waals surface area contributed by atoms with Crippen molar-refractivity contribution in [1.82, 2.24) is 4.90 Å². The zero-order chi connectivity index (χ0) is 13.4. The highest BCUT2D eigenvalue weighted by molar-refractivity contribution is 5.85. The zero-order valence-corrected chi connectivity index (χ0v) is 12.8. The smallest absolute Gasteiger partial charge is 0.222 e. The van der Waals surface area contributed by atoms with E-state index >= 15 is 0 Å². The van der Waals surface area contributed by atoms with Gasteiger partial charge in [-0.05, 0) is 45.1 Å². The number of hydrogen-bond acceptors (Lipinski definition) is 3. The molecule has 0 aliphatic carbocycles. The van der Waals surface area contributed by atoms with Gasteiger partial charge in [-0.3, -0.25) is 4.79 Å². The van der Waals surface area contributed by atoms with Gasteiger partial charge in [0.1, 0.15) is 0 Å². The van der Waals surface area contributed by atoms with E-state index < -0.39 is 0 Å². The van der Waals surface area contributed by atoms with Gasteiger partial charge in [-0.15, -0.1) is 12.4 Å². The van der Waals surface area contributed by atoms with E-state index in [9.17, 15) is 9.90 Å². The van der Waals surface area contributed by atoms with Crippen molar-refractivity contribution >= 4 is 18.3 Å². The molecule has 3 N–H and O–H groups in total. The molecule has 1 amide bonds. The maximum Gasteiger partial charge on any atom is 0.222 e. The average molecular weight is 293 g/mol. The van der Waals surface area contributed by atoms with Crippen molar-refractivity contribution in [3.05, 3.63) is 0 Å². The second-order valence-corrected chi connectivity index (χ2v) is 5.41. The van der Waals surface area contributed by atoms with E-state index in [2.05, 4.69) is 0 Å². The molecule has 0 spiro atoms. The molecule has 1 atom stereocenters. The van der Waals surface area contributed by atoms with Crippen molar-refractivity contribution in [3.63, 3.8) is 0 Å². The summed E-state index contributed by atoms with van der Waals surface area (Å²) in [7, 11) is 0. The van der Waals surface area contributed by atoms with Crippen molar-refractivity contribution in [1.29, 1.82) is 0 Å². The highest BCUT2D eigenvalue weighted by atomic mass is 35.5. The maximum absolute atomic E-state index is 11.9. The first-order valence-electron chi connectivity index (χ1n) is 7.31. The number of aliphatic hydroxyl groups excluding tert-OH is 1. The van der Waals surface area contributed by atoms with Crippen molar-refractivity contribution in [2.24, 2.45) is 11.7 Å². The van der Waals surface area contributed by atoms with Crippen LogP contribution in [0.4, 0.5) is 0 Å². The molecular weight excluding hydrogens is 264 g/mol. The lowest BCUT2D eigenvalue weighted by Crippen LogP contribution is -2.40. The van der Waals surface area contributed by atoms with Gasteiger partial charge < -0.3 is 15.7 Å². The van der Waals surface area contributed by atoms with Crippen LogP contribution < -0.4 is 5.73 Å². The number of likely N-dealkylation sites (tertiary alicyclic amines) is 1. The van der Waals surface area contributed by atoms with E-state index in [4.69, 9.17) is 5.73 Å². The standard InChI is InChI=1S/C14H28N2O2.ClH/c1-12(17)13-7-10-16(11-8-13)14(18)6-4-2-3-5-9-15;/h12-13,17H,2-11,15H2,1H3;1H. The van der Waals surface area contributed by atoms with Crippen LogP contribution in [0.15, 0.2) is 0 Å². The van der Waals surface area contributed by atoms with Crippen molar-refractivity contribution < 1.29 is 9.90 Å². The third kappa shape index (κ3) is 7.14. The molecule has 0 aromatic heterocycles. The molecule has 0 radical (unpaired) electrons. The molecule has 1 saturated heterocycles. The van der Waals surface area contributed by atoms with Gasteiger partial charge in [-0.2, -0.15) is 0 Å². The van der Waals surface area contributed by atoms with E-state index in [1.54, 1.807) is 0 Å². The molecule has 0 aromatic rings. The molecule has 114 valence electrons. The minimum absolute atomic E-state index is 0. The van der Waals surface area contributed by atoms with Crippen LogP contribution in [0.2, 0.25) is 0 Å². The first-order valence-corrected chi connectivity index (χ1v) is 7.31. The summed E-state index contributed by atoms with van der Waals surface area (Å²) in [5.41, 5.74) is 5.43. The highest BCUT2D eigenvalue weighted by Crippen LogP contribution is 2.21. The Morgan fingerprint density at radius 1 is 1.26 bits per heavy atom. The molecule has 1 heterocycles. The Morgan fingerprint density at radius 3 is 2.37 bits per heavy atom. The van der Waals surface area contributed by atoms with Crippen LogP contribution in [0.5, 0.6) is 0 Å². The van der Waals surface area contributed by atoms with Gasteiger partial charge in [-0.1, -0.05) is 12.8 Å². The van der Waals surface area contributed by atoms with Crippen LogP contribution in [0, 0.1) is 5.92 Å². The quantitative estimate of drug-likeness (QED) is 0.705. The molecule has 0 saturated carbocycles. The third-order valence-electron chi connectivity index (χ3n) is 3.92. The predicted molar refractivity (Wildman–Crippen MR) is 80.4 cm³/mol. The first kappa shape index (κ1) is 18.7. The summed E-state index contributed by atoms with van der Waals surface area (Å²) in [6, 6.07) is 0. The second kappa shape index (κ2) is 10.5. The highest BCUT2D eigenvalue weighted by Gasteiger charge is 2.24. The van der Waals surface area contributed by atoms with E-state index in [0.717, 1.165) is 58.2 Å². The van der Waals surface area contributed by atoms with Crippen molar-refractivity contribution in [3.8, 4) is 0 Å². The summed E-state index contributed by atoms with van der Waals surface area (Å²) in [4.78, 5) is 13.9. The lowest BCUT2D eigenvalue weighted by atomic mass is 9.92. The van der Waals surface area contributed by atoms with Crippen molar-refractivity contribution in [2.75, 3.05) is 19.6 Å². The van der Waals surface area contributed by atoms with Crippen LogP contribution in [-0.4, -0.2) is 41.7 Å². The number of nitrogens with zero attached hydrogens (tertiary/aromatic N) is 1. The van der Waals surface area contributed by atoms with Gasteiger partial charge in [0.05, 0.1) is 6.10 Å². The number of hydrogen-bond donors (Lipinski definition) is 2. The Morgan fingerprint density at radius 2 is 1.84 bits per heavy atom. The lowest BCUT2D eigenvalue weighted by molar-refractivity contribution is -0.133. The lowest BCUT2D eigenvalue weighted by Gasteiger charge is -2.33. The average Bonchev–Trinajstić information content (AvgIpc) is 2.38. The summed E-state index contributed by atoms with van der Waals surface area (Å²) < 4.78 is 0. The summed E-state index contributed by atoms with van der Waals surface area (Å²) in [6.45, 7) is 4.23. The van der Waals surface area contributed by atoms with E-state index in [1.165, 1.54) is 0 Å². The third-order valence-corrected chi connectivity index (χ3v) is 3.92. The predicted octanol–water partition coefficient (Wildman–Crippen LogP) is 1.94. The van der Waals surface area contributed by atoms with Gasteiger partial charge >= 0.3 is 0 Å². The summed E-state index contributed by atoms with van der Waals surface area (Å²) >= 11 is 0. The number of carbonyl (C=O) groups is 1. The molecule has 1 aliphatic rings.